The van der Waals surface area contributed by atoms with Crippen LogP contribution in [0.5, 0.6) is 0 Å². The number of furan rings is 2. The minimum absolute atomic E-state index is 0.245. The van der Waals surface area contributed by atoms with Crippen molar-refractivity contribution < 1.29 is 13.6 Å². The Bertz CT molecular complexity index is 991. The summed E-state index contributed by atoms with van der Waals surface area (Å²) in [6.45, 7) is 0.293. The van der Waals surface area contributed by atoms with E-state index >= 15 is 0 Å². The Balaban J connectivity index is 1.75. The van der Waals surface area contributed by atoms with Crippen LogP contribution in [0.1, 0.15) is 16.3 Å². The highest BCUT2D eigenvalue weighted by Gasteiger charge is 2.24. The minimum atomic E-state index is -0.245. The highest BCUT2D eigenvalue weighted by molar-refractivity contribution is 7.98. The molecule has 1 amide bonds. The van der Waals surface area contributed by atoms with Crippen LogP contribution < -0.4 is 4.90 Å². The fourth-order valence-corrected chi connectivity index (χ4v) is 3.97. The Morgan fingerprint density at radius 3 is 2.76 bits per heavy atom. The van der Waals surface area contributed by atoms with E-state index in [1.807, 2.05) is 24.5 Å². The molecule has 126 valence electrons. The maximum atomic E-state index is 12.9. The number of carbonyl (C=O) groups excluding carboxylic acids is 1. The van der Waals surface area contributed by atoms with Crippen molar-refractivity contribution in [2.45, 2.75) is 11.4 Å². The second-order valence-corrected chi connectivity index (χ2v) is 7.17. The van der Waals surface area contributed by atoms with Gasteiger partial charge in [0.15, 0.2) is 10.9 Å². The van der Waals surface area contributed by atoms with Gasteiger partial charge in [0.2, 0.25) is 0 Å². The molecule has 0 atom stereocenters. The van der Waals surface area contributed by atoms with Crippen LogP contribution in [0.15, 0.2) is 68.7 Å². The van der Waals surface area contributed by atoms with Crippen LogP contribution in [0.4, 0.5) is 5.13 Å². The van der Waals surface area contributed by atoms with Gasteiger partial charge in [0.25, 0.3) is 5.91 Å². The number of nitrogens with zero attached hydrogens (tertiary/aromatic N) is 2. The number of benzene rings is 1. The van der Waals surface area contributed by atoms with E-state index in [-0.39, 0.29) is 11.7 Å². The number of rotatable bonds is 5. The van der Waals surface area contributed by atoms with E-state index in [4.69, 9.17) is 8.83 Å². The van der Waals surface area contributed by atoms with Gasteiger partial charge in [-0.05, 0) is 48.7 Å². The zero-order valence-electron chi connectivity index (χ0n) is 13.3. The van der Waals surface area contributed by atoms with E-state index in [1.165, 1.54) is 17.6 Å². The number of fused-ring (bicyclic) bond motifs is 1. The van der Waals surface area contributed by atoms with Crippen LogP contribution >= 0.6 is 23.1 Å². The van der Waals surface area contributed by atoms with Gasteiger partial charge in [-0.1, -0.05) is 11.3 Å². The SMILES string of the molecule is CSc1ccc2nc(N(Cc3ccco3)C(=O)c3ccco3)sc2c1. The molecule has 3 heterocycles. The van der Waals surface area contributed by atoms with Crippen LogP contribution in [0.3, 0.4) is 0 Å². The first-order valence-electron chi connectivity index (χ1n) is 7.57. The summed E-state index contributed by atoms with van der Waals surface area (Å²) < 4.78 is 11.7. The molecule has 0 unspecified atom stereocenters. The lowest BCUT2D eigenvalue weighted by molar-refractivity contribution is 0.0956. The van der Waals surface area contributed by atoms with Crippen molar-refractivity contribution in [1.82, 2.24) is 4.98 Å². The Morgan fingerprint density at radius 2 is 2.04 bits per heavy atom. The van der Waals surface area contributed by atoms with E-state index < -0.39 is 0 Å². The van der Waals surface area contributed by atoms with Gasteiger partial charge in [0, 0.05) is 4.90 Å². The summed E-state index contributed by atoms with van der Waals surface area (Å²) in [5.74, 6) is 0.713. The summed E-state index contributed by atoms with van der Waals surface area (Å²) in [6.07, 6.45) is 5.11. The van der Waals surface area contributed by atoms with E-state index in [2.05, 4.69) is 11.1 Å². The summed E-state index contributed by atoms with van der Waals surface area (Å²) in [5.41, 5.74) is 0.870. The standard InChI is InChI=1S/C18H14N2O3S2/c1-24-13-6-7-14-16(10-13)25-18(19-14)20(11-12-4-2-8-22-12)17(21)15-5-3-9-23-15/h2-10H,11H2,1H3. The van der Waals surface area contributed by atoms with Gasteiger partial charge in [0.05, 0.1) is 29.3 Å². The fourth-order valence-electron chi connectivity index (χ4n) is 2.45. The van der Waals surface area contributed by atoms with E-state index in [9.17, 15) is 4.79 Å². The molecule has 0 aliphatic carbocycles. The van der Waals surface area contributed by atoms with E-state index in [0.717, 1.165) is 15.1 Å². The zero-order valence-corrected chi connectivity index (χ0v) is 15.0. The first-order valence-corrected chi connectivity index (χ1v) is 9.61. The van der Waals surface area contributed by atoms with Gasteiger partial charge >= 0.3 is 0 Å². The lowest BCUT2D eigenvalue weighted by Crippen LogP contribution is -2.29. The second-order valence-electron chi connectivity index (χ2n) is 5.28. The second kappa shape index (κ2) is 6.78. The predicted molar refractivity (Wildman–Crippen MR) is 99.3 cm³/mol. The molecule has 3 aromatic heterocycles. The van der Waals surface area contributed by atoms with Gasteiger partial charge < -0.3 is 8.83 Å². The van der Waals surface area contributed by atoms with Crippen molar-refractivity contribution >= 4 is 44.4 Å². The van der Waals surface area contributed by atoms with Crippen molar-refractivity contribution in [2.24, 2.45) is 0 Å². The molecule has 7 heteroatoms. The van der Waals surface area contributed by atoms with Crippen LogP contribution in [0.25, 0.3) is 10.2 Å². The summed E-state index contributed by atoms with van der Waals surface area (Å²) in [6, 6.07) is 13.1. The number of anilines is 1. The molecule has 0 radical (unpaired) electrons. The van der Waals surface area contributed by atoms with Gasteiger partial charge in [-0.3, -0.25) is 9.69 Å². The Hall–Kier alpha value is -2.51. The Morgan fingerprint density at radius 1 is 1.20 bits per heavy atom. The maximum Gasteiger partial charge on any atom is 0.296 e. The minimum Gasteiger partial charge on any atom is -0.467 e. The van der Waals surface area contributed by atoms with Crippen LogP contribution in [0, 0.1) is 0 Å². The van der Waals surface area contributed by atoms with Crippen molar-refractivity contribution in [3.05, 3.63) is 66.5 Å². The third kappa shape index (κ3) is 3.20. The maximum absolute atomic E-state index is 12.9. The first kappa shape index (κ1) is 16.0. The zero-order chi connectivity index (χ0) is 17.2. The Kier molecular flexibility index (Phi) is 4.33. The molecule has 25 heavy (non-hydrogen) atoms. The molecule has 1 aromatic carbocycles. The topological polar surface area (TPSA) is 59.5 Å². The van der Waals surface area contributed by atoms with Crippen LogP contribution in [-0.2, 0) is 6.54 Å². The number of hydrogen-bond donors (Lipinski definition) is 0. The normalized spacial score (nSPS) is 11.1. The molecule has 4 aromatic rings. The number of amides is 1. The molecule has 0 bridgehead atoms. The summed E-state index contributed by atoms with van der Waals surface area (Å²) in [4.78, 5) is 20.3. The molecule has 0 spiro atoms. The number of hydrogen-bond acceptors (Lipinski definition) is 6. The predicted octanol–water partition coefficient (Wildman–Crippen LogP) is 5.05. The lowest BCUT2D eigenvalue weighted by Gasteiger charge is -2.17. The van der Waals surface area contributed by atoms with E-state index in [0.29, 0.717) is 17.4 Å². The van der Waals surface area contributed by atoms with Crippen molar-refractivity contribution in [3.8, 4) is 0 Å². The third-order valence-corrected chi connectivity index (χ3v) is 5.45. The highest BCUT2D eigenvalue weighted by atomic mass is 32.2. The summed E-state index contributed by atoms with van der Waals surface area (Å²) >= 11 is 3.16. The molecule has 0 aliphatic rings. The van der Waals surface area contributed by atoms with Gasteiger partial charge in [-0.15, -0.1) is 11.8 Å². The van der Waals surface area contributed by atoms with Crippen molar-refractivity contribution in [3.63, 3.8) is 0 Å². The third-order valence-electron chi connectivity index (χ3n) is 3.69. The number of aromatic nitrogens is 1. The van der Waals surface area contributed by atoms with Gasteiger partial charge in [-0.2, -0.15) is 0 Å². The molecule has 0 aliphatic heterocycles. The lowest BCUT2D eigenvalue weighted by atomic mass is 10.3. The van der Waals surface area contributed by atoms with E-state index in [1.54, 1.807) is 41.1 Å². The Labute approximate surface area is 152 Å². The monoisotopic (exact) mass is 370 g/mol. The highest BCUT2D eigenvalue weighted by Crippen LogP contribution is 2.33. The molecule has 0 saturated carbocycles. The molecule has 5 nitrogen and oxygen atoms in total. The number of thioether (sulfide) groups is 1. The molecule has 0 N–H and O–H groups in total. The van der Waals surface area contributed by atoms with Crippen molar-refractivity contribution in [2.75, 3.05) is 11.2 Å². The molecular weight excluding hydrogens is 356 g/mol. The molecule has 0 fully saturated rings. The average molecular weight is 370 g/mol. The van der Waals surface area contributed by atoms with Crippen molar-refractivity contribution in [1.29, 1.82) is 0 Å². The van der Waals surface area contributed by atoms with Gasteiger partial charge in [0.1, 0.15) is 5.76 Å². The molecule has 0 saturated heterocycles. The first-order chi connectivity index (χ1) is 12.2. The quantitative estimate of drug-likeness (QED) is 0.460. The van der Waals surface area contributed by atoms with Crippen LogP contribution in [-0.4, -0.2) is 17.1 Å². The molecular formula is C18H14N2O3S2. The van der Waals surface area contributed by atoms with Crippen LogP contribution in [0.2, 0.25) is 0 Å². The fraction of sp³-hybridized carbons (Fsp3) is 0.111. The summed E-state index contributed by atoms with van der Waals surface area (Å²) in [5, 5.41) is 0.617. The average Bonchev–Trinajstić information content (AvgIpc) is 3.39. The number of thiazole rings is 1. The summed E-state index contributed by atoms with van der Waals surface area (Å²) in [7, 11) is 0. The molecule has 4 rings (SSSR count). The number of carbonyl (C=O) groups is 1. The van der Waals surface area contributed by atoms with Gasteiger partial charge in [-0.25, -0.2) is 4.98 Å². The smallest absolute Gasteiger partial charge is 0.296 e. The largest absolute Gasteiger partial charge is 0.467 e.